The first-order valence-electron chi connectivity index (χ1n) is 8.96. The van der Waals surface area contributed by atoms with Gasteiger partial charge in [0.15, 0.2) is 17.5 Å². The van der Waals surface area contributed by atoms with E-state index in [-0.39, 0.29) is 16.9 Å². The summed E-state index contributed by atoms with van der Waals surface area (Å²) in [6, 6.07) is 11.8. The van der Waals surface area contributed by atoms with E-state index < -0.39 is 30.3 Å². The van der Waals surface area contributed by atoms with E-state index in [0.717, 1.165) is 0 Å². The lowest BCUT2D eigenvalue weighted by Gasteiger charge is -2.12. The highest BCUT2D eigenvalue weighted by molar-refractivity contribution is 7.98. The van der Waals surface area contributed by atoms with Gasteiger partial charge in [0.2, 0.25) is 0 Å². The number of imidazole rings is 1. The number of carbonyl (C=O) groups excluding carboxylic acids is 3. The molecule has 3 rings (SSSR count). The first kappa shape index (κ1) is 22.0. The number of hydrogen-bond donors (Lipinski definition) is 1. The molecule has 1 heterocycles. The zero-order chi connectivity index (χ0) is 22.4. The molecule has 0 aliphatic rings. The van der Waals surface area contributed by atoms with Crippen molar-refractivity contribution in [2.45, 2.75) is 5.16 Å². The molecule has 0 bridgehead atoms. The minimum absolute atomic E-state index is 0.0821. The number of para-hydroxylation sites is 1. The standard InChI is InChI=1S/C21H18FN3O5S/c1-29-19(27)15-5-3-4-6-16(15)24-18(26)12-30-20(28)17-11-23-21(31-2)25(17)14-9-7-13(22)8-10-14/h3-11H,12H2,1-2H3,(H,24,26). The van der Waals surface area contributed by atoms with Gasteiger partial charge in [0.25, 0.3) is 5.91 Å². The van der Waals surface area contributed by atoms with Crippen LogP contribution in [0.2, 0.25) is 0 Å². The highest BCUT2D eigenvalue weighted by Crippen LogP contribution is 2.22. The van der Waals surface area contributed by atoms with Crippen LogP contribution in [0.4, 0.5) is 10.1 Å². The highest BCUT2D eigenvalue weighted by atomic mass is 32.2. The molecule has 0 saturated carbocycles. The van der Waals surface area contributed by atoms with Gasteiger partial charge in [-0.2, -0.15) is 0 Å². The van der Waals surface area contributed by atoms with Crippen molar-refractivity contribution < 1.29 is 28.2 Å². The van der Waals surface area contributed by atoms with Crippen LogP contribution in [0, 0.1) is 5.82 Å². The van der Waals surface area contributed by atoms with Crippen molar-refractivity contribution in [3.63, 3.8) is 0 Å². The third kappa shape index (κ3) is 5.10. The van der Waals surface area contributed by atoms with Crippen LogP contribution in [0.15, 0.2) is 59.9 Å². The second-order valence-corrected chi connectivity index (χ2v) is 6.88. The third-order valence-electron chi connectivity index (χ3n) is 4.15. The molecule has 8 nitrogen and oxygen atoms in total. The van der Waals surface area contributed by atoms with E-state index in [2.05, 4.69) is 15.0 Å². The molecule has 0 atom stereocenters. The van der Waals surface area contributed by atoms with E-state index in [1.165, 1.54) is 66.0 Å². The number of methoxy groups -OCH3 is 1. The lowest BCUT2D eigenvalue weighted by molar-refractivity contribution is -0.119. The molecule has 2 aromatic carbocycles. The van der Waals surface area contributed by atoms with Gasteiger partial charge in [0.05, 0.1) is 24.6 Å². The van der Waals surface area contributed by atoms with Crippen LogP contribution in [0.3, 0.4) is 0 Å². The summed E-state index contributed by atoms with van der Waals surface area (Å²) in [5, 5.41) is 3.01. The van der Waals surface area contributed by atoms with E-state index >= 15 is 0 Å². The zero-order valence-electron chi connectivity index (χ0n) is 16.6. The number of carbonyl (C=O) groups is 3. The Balaban J connectivity index is 1.72. The summed E-state index contributed by atoms with van der Waals surface area (Å²) in [5.41, 5.74) is 1.01. The number of halogens is 1. The number of hydrogen-bond acceptors (Lipinski definition) is 7. The molecule has 0 unspecified atom stereocenters. The molecule has 0 radical (unpaired) electrons. The fraction of sp³-hybridized carbons (Fsp3) is 0.143. The molecule has 31 heavy (non-hydrogen) atoms. The minimum Gasteiger partial charge on any atom is -0.465 e. The summed E-state index contributed by atoms with van der Waals surface area (Å²) in [6.45, 7) is -0.586. The maximum atomic E-state index is 13.3. The van der Waals surface area contributed by atoms with Crippen molar-refractivity contribution in [2.24, 2.45) is 0 Å². The Morgan fingerprint density at radius 3 is 2.48 bits per heavy atom. The molecule has 1 N–H and O–H groups in total. The average Bonchev–Trinajstić information content (AvgIpc) is 3.22. The Bertz CT molecular complexity index is 1110. The Labute approximate surface area is 181 Å². The number of aromatic nitrogens is 2. The lowest BCUT2D eigenvalue weighted by atomic mass is 10.2. The smallest absolute Gasteiger partial charge is 0.357 e. The third-order valence-corrected chi connectivity index (χ3v) is 4.80. The topological polar surface area (TPSA) is 99.5 Å². The Morgan fingerprint density at radius 2 is 1.81 bits per heavy atom. The van der Waals surface area contributed by atoms with Crippen molar-refractivity contribution >= 4 is 35.3 Å². The van der Waals surface area contributed by atoms with E-state index in [9.17, 15) is 18.8 Å². The monoisotopic (exact) mass is 443 g/mol. The molecule has 0 fully saturated rings. The number of ether oxygens (including phenoxy) is 2. The van der Waals surface area contributed by atoms with E-state index in [0.29, 0.717) is 10.8 Å². The Hall–Kier alpha value is -3.66. The number of esters is 2. The quantitative estimate of drug-likeness (QED) is 0.442. The van der Waals surface area contributed by atoms with Gasteiger partial charge >= 0.3 is 11.9 Å². The van der Waals surface area contributed by atoms with Crippen LogP contribution >= 0.6 is 11.8 Å². The number of nitrogens with zero attached hydrogens (tertiary/aromatic N) is 2. The molecule has 0 spiro atoms. The maximum absolute atomic E-state index is 13.3. The van der Waals surface area contributed by atoms with Crippen molar-refractivity contribution in [1.29, 1.82) is 0 Å². The van der Waals surface area contributed by atoms with Gasteiger partial charge in [-0.1, -0.05) is 23.9 Å². The summed E-state index contributed by atoms with van der Waals surface area (Å²) in [5.74, 6) is -2.44. The van der Waals surface area contributed by atoms with Gasteiger partial charge in [-0.25, -0.2) is 19.0 Å². The second-order valence-electron chi connectivity index (χ2n) is 6.10. The fourth-order valence-corrected chi connectivity index (χ4v) is 3.28. The summed E-state index contributed by atoms with van der Waals surface area (Å²) in [4.78, 5) is 40.8. The molecule has 3 aromatic rings. The number of nitrogens with one attached hydrogen (secondary N) is 1. The van der Waals surface area contributed by atoms with Crippen LogP contribution < -0.4 is 5.32 Å². The Kier molecular flexibility index (Phi) is 7.03. The van der Waals surface area contributed by atoms with Crippen molar-refractivity contribution in [3.05, 3.63) is 71.8 Å². The summed E-state index contributed by atoms with van der Waals surface area (Å²) in [7, 11) is 1.23. The van der Waals surface area contributed by atoms with E-state index in [1.807, 2.05) is 0 Å². The molecular formula is C21H18FN3O5S. The number of thioether (sulfide) groups is 1. The van der Waals surface area contributed by atoms with Gasteiger partial charge in [-0.05, 0) is 42.7 Å². The van der Waals surface area contributed by atoms with Crippen LogP contribution in [0.5, 0.6) is 0 Å². The van der Waals surface area contributed by atoms with Crippen molar-refractivity contribution in [1.82, 2.24) is 9.55 Å². The van der Waals surface area contributed by atoms with Gasteiger partial charge < -0.3 is 14.8 Å². The predicted octanol–water partition coefficient (Wildman–Crippen LogP) is 3.32. The SMILES string of the molecule is COC(=O)c1ccccc1NC(=O)COC(=O)c1cnc(SC)n1-c1ccc(F)cc1. The van der Waals surface area contributed by atoms with Crippen LogP contribution in [0.1, 0.15) is 20.8 Å². The predicted molar refractivity (Wildman–Crippen MR) is 112 cm³/mol. The van der Waals surface area contributed by atoms with Gasteiger partial charge in [0.1, 0.15) is 5.82 Å². The van der Waals surface area contributed by atoms with Crippen molar-refractivity contribution in [3.8, 4) is 5.69 Å². The first-order valence-corrected chi connectivity index (χ1v) is 10.2. The van der Waals surface area contributed by atoms with Crippen LogP contribution in [-0.4, -0.2) is 47.4 Å². The molecular weight excluding hydrogens is 425 g/mol. The van der Waals surface area contributed by atoms with E-state index in [4.69, 9.17) is 4.74 Å². The van der Waals surface area contributed by atoms with Gasteiger partial charge in [-0.3, -0.25) is 9.36 Å². The molecule has 1 aromatic heterocycles. The Morgan fingerprint density at radius 1 is 1.10 bits per heavy atom. The summed E-state index contributed by atoms with van der Waals surface area (Å²) >= 11 is 1.29. The van der Waals surface area contributed by atoms with E-state index in [1.54, 1.807) is 18.4 Å². The maximum Gasteiger partial charge on any atom is 0.357 e. The minimum atomic E-state index is -0.784. The highest BCUT2D eigenvalue weighted by Gasteiger charge is 2.21. The summed E-state index contributed by atoms with van der Waals surface area (Å²) < 4.78 is 24.6. The zero-order valence-corrected chi connectivity index (χ0v) is 17.4. The van der Waals surface area contributed by atoms with Crippen LogP contribution in [0.25, 0.3) is 5.69 Å². The molecule has 1 amide bonds. The van der Waals surface area contributed by atoms with Gasteiger partial charge in [-0.15, -0.1) is 0 Å². The average molecular weight is 443 g/mol. The number of anilines is 1. The number of benzene rings is 2. The number of amides is 1. The molecule has 0 saturated heterocycles. The summed E-state index contributed by atoms with van der Waals surface area (Å²) in [6.07, 6.45) is 3.10. The fourth-order valence-electron chi connectivity index (χ4n) is 2.73. The molecule has 160 valence electrons. The van der Waals surface area contributed by atoms with Crippen molar-refractivity contribution in [2.75, 3.05) is 25.3 Å². The lowest BCUT2D eigenvalue weighted by Crippen LogP contribution is -2.23. The molecule has 10 heteroatoms. The largest absolute Gasteiger partial charge is 0.465 e. The van der Waals surface area contributed by atoms with Crippen LogP contribution in [-0.2, 0) is 14.3 Å². The van der Waals surface area contributed by atoms with Gasteiger partial charge in [0, 0.05) is 5.69 Å². The molecule has 0 aliphatic carbocycles. The first-order chi connectivity index (χ1) is 14.9. The number of rotatable bonds is 7. The second kappa shape index (κ2) is 9.90. The molecule has 0 aliphatic heterocycles. The normalized spacial score (nSPS) is 10.4.